The second kappa shape index (κ2) is 13.7. The molecule has 0 aromatic heterocycles. The second-order valence-corrected chi connectivity index (χ2v) is 11.9. The number of sulfonamides is 1. The summed E-state index contributed by atoms with van der Waals surface area (Å²) in [4.78, 5) is 28.5. The SMILES string of the molecule is CC[C@H](C)NC(=O)[C@@H](C)N(Cc1ccc(OC)cc1)C(=O)CN(c1ccccc1Cl)S(=O)(=O)c1ccc(C)cc1. The molecule has 0 aliphatic rings. The van der Waals surface area contributed by atoms with Crippen LogP contribution < -0.4 is 14.4 Å². The summed E-state index contributed by atoms with van der Waals surface area (Å²) >= 11 is 6.44. The number of amides is 2. The number of benzene rings is 3. The van der Waals surface area contributed by atoms with E-state index in [1.165, 1.54) is 17.0 Å². The van der Waals surface area contributed by atoms with Crippen molar-refractivity contribution >= 4 is 39.1 Å². The summed E-state index contributed by atoms with van der Waals surface area (Å²) in [6.45, 7) is 6.85. The Labute approximate surface area is 241 Å². The molecule has 0 bridgehead atoms. The van der Waals surface area contributed by atoms with Gasteiger partial charge in [-0.2, -0.15) is 0 Å². The highest BCUT2D eigenvalue weighted by atomic mass is 35.5. The van der Waals surface area contributed by atoms with Gasteiger partial charge in [-0.25, -0.2) is 8.42 Å². The maximum absolute atomic E-state index is 14.0. The molecule has 214 valence electrons. The number of ether oxygens (including phenoxy) is 1. The number of anilines is 1. The van der Waals surface area contributed by atoms with Crippen molar-refractivity contribution in [3.63, 3.8) is 0 Å². The first-order chi connectivity index (χ1) is 19.0. The maximum atomic E-state index is 14.0. The summed E-state index contributed by atoms with van der Waals surface area (Å²) in [5, 5.41) is 3.09. The van der Waals surface area contributed by atoms with Crippen LogP contribution in [0.15, 0.2) is 77.7 Å². The smallest absolute Gasteiger partial charge is 0.264 e. The van der Waals surface area contributed by atoms with Crippen LogP contribution >= 0.6 is 11.6 Å². The highest BCUT2D eigenvalue weighted by Crippen LogP contribution is 2.31. The molecule has 0 aliphatic carbocycles. The third-order valence-electron chi connectivity index (χ3n) is 6.69. The molecule has 10 heteroatoms. The van der Waals surface area contributed by atoms with Gasteiger partial charge >= 0.3 is 0 Å². The van der Waals surface area contributed by atoms with Crippen LogP contribution in [0.25, 0.3) is 0 Å². The molecule has 2 amide bonds. The Morgan fingerprint density at radius 1 is 0.975 bits per heavy atom. The minimum atomic E-state index is -4.19. The second-order valence-electron chi connectivity index (χ2n) is 9.64. The Morgan fingerprint density at radius 2 is 1.60 bits per heavy atom. The van der Waals surface area contributed by atoms with Crippen LogP contribution in [-0.4, -0.2) is 50.9 Å². The van der Waals surface area contributed by atoms with Gasteiger partial charge < -0.3 is 15.0 Å². The van der Waals surface area contributed by atoms with Crippen LogP contribution in [0, 0.1) is 6.92 Å². The number of aryl methyl sites for hydroxylation is 1. The Bertz CT molecular complexity index is 1410. The summed E-state index contributed by atoms with van der Waals surface area (Å²) in [5.74, 6) is -0.238. The molecular formula is C30H36ClN3O5S. The topological polar surface area (TPSA) is 96.0 Å². The van der Waals surface area contributed by atoms with Crippen LogP contribution in [0.1, 0.15) is 38.3 Å². The lowest BCUT2D eigenvalue weighted by atomic mass is 10.1. The van der Waals surface area contributed by atoms with E-state index in [0.717, 1.165) is 21.9 Å². The van der Waals surface area contributed by atoms with Crippen molar-refractivity contribution in [3.8, 4) is 5.75 Å². The maximum Gasteiger partial charge on any atom is 0.264 e. The van der Waals surface area contributed by atoms with E-state index in [-0.39, 0.29) is 34.1 Å². The number of halogens is 1. The zero-order chi connectivity index (χ0) is 29.4. The quantitative estimate of drug-likeness (QED) is 0.316. The number of nitrogens with one attached hydrogen (secondary N) is 1. The lowest BCUT2D eigenvalue weighted by Crippen LogP contribution is -2.52. The lowest BCUT2D eigenvalue weighted by molar-refractivity contribution is -0.139. The molecule has 0 unspecified atom stereocenters. The molecule has 3 rings (SSSR count). The Hall–Kier alpha value is -3.56. The first-order valence-corrected chi connectivity index (χ1v) is 14.9. The molecular weight excluding hydrogens is 550 g/mol. The van der Waals surface area contributed by atoms with Gasteiger partial charge in [-0.15, -0.1) is 0 Å². The average Bonchev–Trinajstić information content (AvgIpc) is 2.95. The van der Waals surface area contributed by atoms with Crippen LogP contribution in [-0.2, 0) is 26.2 Å². The molecule has 0 spiro atoms. The molecule has 0 saturated carbocycles. The van der Waals surface area contributed by atoms with Crippen molar-refractivity contribution in [1.29, 1.82) is 0 Å². The van der Waals surface area contributed by atoms with Crippen LogP contribution in [0.3, 0.4) is 0 Å². The van der Waals surface area contributed by atoms with Gasteiger partial charge in [-0.3, -0.25) is 13.9 Å². The standard InChI is InChI=1S/C30H36ClN3O5S/c1-6-22(3)32-30(36)23(4)33(19-24-13-15-25(39-5)16-14-24)29(35)20-34(28-10-8-7-9-27(28)31)40(37,38)26-17-11-21(2)12-18-26/h7-18,22-23H,6,19-20H2,1-5H3,(H,32,36)/t22-,23+/m0/s1. The predicted molar refractivity (Wildman–Crippen MR) is 158 cm³/mol. The van der Waals surface area contributed by atoms with Crippen molar-refractivity contribution in [2.24, 2.45) is 0 Å². The molecule has 0 radical (unpaired) electrons. The molecule has 0 saturated heterocycles. The zero-order valence-electron chi connectivity index (χ0n) is 23.4. The van der Waals surface area contributed by atoms with Crippen molar-refractivity contribution in [2.75, 3.05) is 18.0 Å². The van der Waals surface area contributed by atoms with Crippen molar-refractivity contribution in [2.45, 2.75) is 57.6 Å². The van der Waals surface area contributed by atoms with Gasteiger partial charge in [0.05, 0.1) is 22.7 Å². The minimum Gasteiger partial charge on any atom is -0.497 e. The van der Waals surface area contributed by atoms with Gasteiger partial charge in [0.2, 0.25) is 11.8 Å². The Balaban J connectivity index is 2.03. The third kappa shape index (κ3) is 7.55. The normalized spacial score (nSPS) is 12.8. The summed E-state index contributed by atoms with van der Waals surface area (Å²) in [7, 11) is -2.63. The Morgan fingerprint density at radius 3 is 2.17 bits per heavy atom. The molecule has 3 aromatic rings. The summed E-state index contributed by atoms with van der Waals surface area (Å²) < 4.78 is 34.0. The molecule has 0 aliphatic heterocycles. The van der Waals surface area contributed by atoms with Gasteiger partial charge in [0, 0.05) is 12.6 Å². The number of carbonyl (C=O) groups excluding carboxylic acids is 2. The number of hydrogen-bond acceptors (Lipinski definition) is 5. The number of para-hydroxylation sites is 1. The monoisotopic (exact) mass is 585 g/mol. The molecule has 3 aromatic carbocycles. The van der Waals surface area contributed by atoms with Crippen LogP contribution in [0.5, 0.6) is 5.75 Å². The highest BCUT2D eigenvalue weighted by molar-refractivity contribution is 7.92. The minimum absolute atomic E-state index is 0.0232. The van der Waals surface area contributed by atoms with Crippen LogP contribution in [0.2, 0.25) is 5.02 Å². The highest BCUT2D eigenvalue weighted by Gasteiger charge is 2.33. The number of methoxy groups -OCH3 is 1. The molecule has 0 fully saturated rings. The average molecular weight is 586 g/mol. The van der Waals surface area contributed by atoms with E-state index in [2.05, 4.69) is 5.32 Å². The lowest BCUT2D eigenvalue weighted by Gasteiger charge is -2.32. The largest absolute Gasteiger partial charge is 0.497 e. The summed E-state index contributed by atoms with van der Waals surface area (Å²) in [6, 6.07) is 19.0. The van der Waals surface area contributed by atoms with E-state index < -0.39 is 28.5 Å². The third-order valence-corrected chi connectivity index (χ3v) is 8.78. The van der Waals surface area contributed by atoms with E-state index in [4.69, 9.17) is 16.3 Å². The molecule has 0 heterocycles. The first-order valence-electron chi connectivity index (χ1n) is 13.0. The zero-order valence-corrected chi connectivity index (χ0v) is 25.0. The van der Waals surface area contributed by atoms with Gasteiger partial charge in [0.15, 0.2) is 0 Å². The van der Waals surface area contributed by atoms with E-state index >= 15 is 0 Å². The summed E-state index contributed by atoms with van der Waals surface area (Å²) in [6.07, 6.45) is 0.722. The number of rotatable bonds is 12. The predicted octanol–water partition coefficient (Wildman–Crippen LogP) is 5.18. The number of carbonyl (C=O) groups is 2. The van der Waals surface area contributed by atoms with E-state index in [0.29, 0.717) is 5.75 Å². The Kier molecular flexibility index (Phi) is 10.6. The van der Waals surface area contributed by atoms with Crippen molar-refractivity contribution in [3.05, 3.63) is 88.9 Å². The summed E-state index contributed by atoms with van der Waals surface area (Å²) in [5.41, 5.74) is 1.81. The fourth-order valence-corrected chi connectivity index (χ4v) is 5.70. The fraction of sp³-hybridized carbons (Fsp3) is 0.333. The fourth-order valence-electron chi connectivity index (χ4n) is 3.98. The van der Waals surface area contributed by atoms with Crippen molar-refractivity contribution < 1.29 is 22.7 Å². The molecule has 40 heavy (non-hydrogen) atoms. The van der Waals surface area contributed by atoms with Crippen molar-refractivity contribution in [1.82, 2.24) is 10.2 Å². The molecule has 1 N–H and O–H groups in total. The van der Waals surface area contributed by atoms with Gasteiger partial charge in [-0.05, 0) is 69.2 Å². The van der Waals surface area contributed by atoms with Gasteiger partial charge in [0.1, 0.15) is 18.3 Å². The van der Waals surface area contributed by atoms with E-state index in [1.807, 2.05) is 20.8 Å². The number of nitrogens with zero attached hydrogens (tertiary/aromatic N) is 2. The molecule has 8 nitrogen and oxygen atoms in total. The first kappa shape index (κ1) is 31.0. The van der Waals surface area contributed by atoms with Crippen LogP contribution in [0.4, 0.5) is 5.69 Å². The molecule has 2 atom stereocenters. The van der Waals surface area contributed by atoms with E-state index in [9.17, 15) is 18.0 Å². The number of hydrogen-bond donors (Lipinski definition) is 1. The van der Waals surface area contributed by atoms with Gasteiger partial charge in [-0.1, -0.05) is 60.5 Å². The van der Waals surface area contributed by atoms with E-state index in [1.54, 1.807) is 74.7 Å². The van der Waals surface area contributed by atoms with Gasteiger partial charge in [0.25, 0.3) is 10.0 Å².